The number of thiazole rings is 1. The lowest BCUT2D eigenvalue weighted by molar-refractivity contribution is 0.510. The molecule has 0 saturated carbocycles. The normalized spacial score (nSPS) is 11.3. The molecule has 0 atom stereocenters. The summed E-state index contributed by atoms with van der Waals surface area (Å²) in [6.45, 7) is 3.66. The summed E-state index contributed by atoms with van der Waals surface area (Å²) in [5, 5.41) is 7.97. The maximum atomic E-state index is 14.0. The highest BCUT2D eigenvalue weighted by Crippen LogP contribution is 2.28. The van der Waals surface area contributed by atoms with Crippen LogP contribution in [0.2, 0.25) is 0 Å². The lowest BCUT2D eigenvalue weighted by Gasteiger charge is -2.25. The molecular formula is C16H17FN6S. The third-order valence-electron chi connectivity index (χ3n) is 3.43. The molecule has 3 rings (SSSR count). The van der Waals surface area contributed by atoms with E-state index in [1.165, 1.54) is 17.4 Å². The van der Waals surface area contributed by atoms with Crippen molar-refractivity contribution in [3.8, 4) is 10.6 Å². The van der Waals surface area contributed by atoms with Crippen LogP contribution in [0.4, 0.5) is 15.3 Å². The molecule has 0 radical (unpaired) electrons. The fourth-order valence-electron chi connectivity index (χ4n) is 2.21. The van der Waals surface area contributed by atoms with Crippen molar-refractivity contribution in [1.29, 1.82) is 0 Å². The number of aromatic nitrogens is 4. The molecule has 0 amide bonds. The molecular weight excluding hydrogens is 327 g/mol. The van der Waals surface area contributed by atoms with Crippen LogP contribution in [0.15, 0.2) is 36.9 Å². The van der Waals surface area contributed by atoms with Crippen molar-refractivity contribution in [2.75, 3.05) is 17.7 Å². The van der Waals surface area contributed by atoms with Gasteiger partial charge >= 0.3 is 0 Å². The fraction of sp³-hybridized carbons (Fsp3) is 0.250. The Labute approximate surface area is 143 Å². The number of anilines is 2. The van der Waals surface area contributed by atoms with E-state index in [1.54, 1.807) is 30.9 Å². The molecule has 6 nitrogen and oxygen atoms in total. The molecule has 0 fully saturated rings. The minimum atomic E-state index is -0.743. The van der Waals surface area contributed by atoms with Gasteiger partial charge in [0.2, 0.25) is 5.95 Å². The Morgan fingerprint density at radius 2 is 1.83 bits per heavy atom. The molecule has 0 bridgehead atoms. The van der Waals surface area contributed by atoms with Crippen molar-refractivity contribution in [3.05, 3.63) is 48.4 Å². The Kier molecular flexibility index (Phi) is 4.39. The first-order valence-corrected chi connectivity index (χ1v) is 8.16. The van der Waals surface area contributed by atoms with Gasteiger partial charge in [-0.3, -0.25) is 4.98 Å². The summed E-state index contributed by atoms with van der Waals surface area (Å²) in [5.41, 5.74) is 0.401. The largest absolute Gasteiger partial charge is 0.379 e. The second kappa shape index (κ2) is 6.48. The van der Waals surface area contributed by atoms with E-state index in [4.69, 9.17) is 0 Å². The molecule has 124 valence electrons. The van der Waals surface area contributed by atoms with Crippen molar-refractivity contribution in [1.82, 2.24) is 19.9 Å². The van der Waals surface area contributed by atoms with Gasteiger partial charge in [0.25, 0.3) is 0 Å². The zero-order valence-corrected chi connectivity index (χ0v) is 14.4. The van der Waals surface area contributed by atoms with Gasteiger partial charge in [-0.1, -0.05) is 11.3 Å². The van der Waals surface area contributed by atoms with Crippen molar-refractivity contribution in [2.24, 2.45) is 0 Å². The summed E-state index contributed by atoms with van der Waals surface area (Å²) in [7, 11) is 1.85. The average Bonchev–Trinajstić information content (AvgIpc) is 3.04. The third-order valence-corrected chi connectivity index (χ3v) is 4.49. The predicted octanol–water partition coefficient (Wildman–Crippen LogP) is 3.52. The number of halogens is 1. The second-order valence-electron chi connectivity index (χ2n) is 5.66. The molecule has 0 saturated heterocycles. The standard InChI is InChI=1S/C16H17FN6S/c1-16(2,13-11(17)5-4-6-19-13)23-15-21-7-10(8-22-15)14-20-9-12(18-3)24-14/h4-9,18H,1-3H3,(H,21,22,23). The van der Waals surface area contributed by atoms with Gasteiger partial charge in [-0.05, 0) is 26.0 Å². The van der Waals surface area contributed by atoms with Crippen LogP contribution >= 0.6 is 11.3 Å². The van der Waals surface area contributed by atoms with Gasteiger partial charge in [-0.15, -0.1) is 0 Å². The van der Waals surface area contributed by atoms with Gasteiger partial charge in [-0.2, -0.15) is 0 Å². The summed E-state index contributed by atoms with van der Waals surface area (Å²) in [5.74, 6) is 0.0354. The highest BCUT2D eigenvalue weighted by molar-refractivity contribution is 7.18. The lowest BCUT2D eigenvalue weighted by Crippen LogP contribution is -2.31. The number of pyridine rings is 1. The van der Waals surface area contributed by atoms with Crippen LogP contribution in [0.25, 0.3) is 10.6 Å². The molecule has 0 spiro atoms. The third kappa shape index (κ3) is 3.33. The summed E-state index contributed by atoms with van der Waals surface area (Å²) in [6.07, 6.45) is 6.71. The molecule has 0 unspecified atom stereocenters. The number of rotatable bonds is 5. The van der Waals surface area contributed by atoms with E-state index < -0.39 is 5.54 Å². The first-order valence-electron chi connectivity index (χ1n) is 7.35. The summed E-state index contributed by atoms with van der Waals surface area (Å²) >= 11 is 1.52. The number of hydrogen-bond acceptors (Lipinski definition) is 7. The maximum Gasteiger partial charge on any atom is 0.223 e. The molecule has 24 heavy (non-hydrogen) atoms. The highest BCUT2D eigenvalue weighted by Gasteiger charge is 2.26. The molecule has 2 N–H and O–H groups in total. The van der Waals surface area contributed by atoms with Crippen LogP contribution in [0.5, 0.6) is 0 Å². The first-order chi connectivity index (χ1) is 11.5. The van der Waals surface area contributed by atoms with Crippen molar-refractivity contribution >= 4 is 22.3 Å². The molecule has 3 heterocycles. The number of hydrogen-bond donors (Lipinski definition) is 2. The Balaban J connectivity index is 1.80. The monoisotopic (exact) mass is 344 g/mol. The molecule has 0 aliphatic carbocycles. The smallest absolute Gasteiger partial charge is 0.223 e. The van der Waals surface area contributed by atoms with Crippen molar-refractivity contribution < 1.29 is 4.39 Å². The van der Waals surface area contributed by atoms with Crippen LogP contribution in [0.3, 0.4) is 0 Å². The van der Waals surface area contributed by atoms with E-state index in [-0.39, 0.29) is 5.82 Å². The van der Waals surface area contributed by atoms with E-state index in [2.05, 4.69) is 30.6 Å². The summed E-state index contributed by atoms with van der Waals surface area (Å²) < 4.78 is 14.0. The van der Waals surface area contributed by atoms with Gasteiger partial charge in [0.05, 0.1) is 11.7 Å². The molecule has 0 aliphatic heterocycles. The zero-order chi connectivity index (χ0) is 17.2. The average molecular weight is 344 g/mol. The second-order valence-corrected chi connectivity index (χ2v) is 6.69. The molecule has 3 aromatic heterocycles. The summed E-state index contributed by atoms with van der Waals surface area (Å²) in [4.78, 5) is 17.0. The van der Waals surface area contributed by atoms with Crippen LogP contribution in [-0.4, -0.2) is 27.0 Å². The van der Waals surface area contributed by atoms with Crippen LogP contribution in [0.1, 0.15) is 19.5 Å². The van der Waals surface area contributed by atoms with Gasteiger partial charge < -0.3 is 10.6 Å². The van der Waals surface area contributed by atoms with Gasteiger partial charge in [-0.25, -0.2) is 19.3 Å². The summed E-state index contributed by atoms with van der Waals surface area (Å²) in [6, 6.07) is 2.95. The SMILES string of the molecule is CNc1cnc(-c2cnc(NC(C)(C)c3ncccc3F)nc2)s1. The van der Waals surface area contributed by atoms with Crippen LogP contribution in [0, 0.1) is 5.82 Å². The topological polar surface area (TPSA) is 75.6 Å². The Morgan fingerprint density at radius 1 is 1.08 bits per heavy atom. The highest BCUT2D eigenvalue weighted by atomic mass is 32.1. The minimum Gasteiger partial charge on any atom is -0.379 e. The van der Waals surface area contributed by atoms with Crippen LogP contribution < -0.4 is 10.6 Å². The van der Waals surface area contributed by atoms with Gasteiger partial charge in [0, 0.05) is 31.2 Å². The van der Waals surface area contributed by atoms with Crippen LogP contribution in [-0.2, 0) is 5.54 Å². The lowest BCUT2D eigenvalue weighted by atomic mass is 9.99. The van der Waals surface area contributed by atoms with E-state index >= 15 is 0 Å². The van der Waals surface area contributed by atoms with E-state index in [0.717, 1.165) is 15.6 Å². The molecule has 3 aromatic rings. The van der Waals surface area contributed by atoms with Gasteiger partial charge in [0.1, 0.15) is 21.5 Å². The number of nitrogens with zero attached hydrogens (tertiary/aromatic N) is 4. The maximum absolute atomic E-state index is 14.0. The fourth-order valence-corrected chi connectivity index (χ4v) is 2.95. The Bertz CT molecular complexity index is 831. The first kappa shape index (κ1) is 16.3. The minimum absolute atomic E-state index is 0.316. The Morgan fingerprint density at radius 3 is 2.46 bits per heavy atom. The molecule has 8 heteroatoms. The quantitative estimate of drug-likeness (QED) is 0.737. The van der Waals surface area contributed by atoms with Gasteiger partial charge in [0.15, 0.2) is 0 Å². The van der Waals surface area contributed by atoms with E-state index in [1.807, 2.05) is 20.9 Å². The van der Waals surface area contributed by atoms with Crippen molar-refractivity contribution in [3.63, 3.8) is 0 Å². The predicted molar refractivity (Wildman–Crippen MR) is 93.5 cm³/mol. The van der Waals surface area contributed by atoms with E-state index in [9.17, 15) is 4.39 Å². The number of nitrogens with one attached hydrogen (secondary N) is 2. The zero-order valence-electron chi connectivity index (χ0n) is 13.5. The molecule has 0 aromatic carbocycles. The van der Waals surface area contributed by atoms with Crippen molar-refractivity contribution in [2.45, 2.75) is 19.4 Å². The van der Waals surface area contributed by atoms with E-state index in [0.29, 0.717) is 11.6 Å². The molecule has 0 aliphatic rings. The Hall–Kier alpha value is -2.61.